The molecule has 0 radical (unpaired) electrons. The molecule has 1 N–H and O–H groups in total. The number of aromatic nitrogens is 1. The van der Waals surface area contributed by atoms with Crippen LogP contribution in [-0.2, 0) is 17.8 Å². The van der Waals surface area contributed by atoms with E-state index in [1.54, 1.807) is 24.3 Å². The van der Waals surface area contributed by atoms with Gasteiger partial charge in [0, 0.05) is 0 Å². The molecule has 0 aliphatic rings. The summed E-state index contributed by atoms with van der Waals surface area (Å²) in [5.74, 6) is 0.668. The molecule has 2 aromatic carbocycles. The zero-order valence-electron chi connectivity index (χ0n) is 15.2. The highest BCUT2D eigenvalue weighted by molar-refractivity contribution is 5.81. The first kappa shape index (κ1) is 20.4. The van der Waals surface area contributed by atoms with Crippen molar-refractivity contribution in [2.24, 2.45) is 0 Å². The number of benzene rings is 2. The van der Waals surface area contributed by atoms with Crippen molar-refractivity contribution in [2.75, 3.05) is 0 Å². The summed E-state index contributed by atoms with van der Waals surface area (Å²) in [6, 6.07) is 11.7. The van der Waals surface area contributed by atoms with E-state index >= 15 is 0 Å². The summed E-state index contributed by atoms with van der Waals surface area (Å²) in [6.45, 7) is 1.08. The summed E-state index contributed by atoms with van der Waals surface area (Å²) in [5, 5.41) is 13.2. The normalized spacial score (nSPS) is 11.3. The molecule has 0 aliphatic carbocycles. The SMILES string of the molecule is CC(=O)Cc1onc(CO)c1-c1ccc(Oc2ccc(OC(F)(F)F)cc2)cc1. The van der Waals surface area contributed by atoms with Crippen LogP contribution in [0.2, 0.25) is 0 Å². The van der Waals surface area contributed by atoms with Crippen molar-refractivity contribution in [2.45, 2.75) is 26.3 Å². The molecule has 9 heteroatoms. The van der Waals surface area contributed by atoms with Gasteiger partial charge in [-0.1, -0.05) is 17.3 Å². The molecule has 152 valence electrons. The maximum absolute atomic E-state index is 12.2. The number of aliphatic hydroxyl groups excluding tert-OH is 1. The van der Waals surface area contributed by atoms with Crippen LogP contribution in [0.4, 0.5) is 13.2 Å². The Labute approximate surface area is 163 Å². The highest BCUT2D eigenvalue weighted by atomic mass is 19.4. The number of Topliss-reactive ketones (excluding diaryl/α,β-unsaturated/α-hetero) is 1. The fourth-order valence-electron chi connectivity index (χ4n) is 2.68. The molecule has 29 heavy (non-hydrogen) atoms. The maximum Gasteiger partial charge on any atom is 0.573 e. The van der Waals surface area contributed by atoms with Crippen molar-refractivity contribution in [3.8, 4) is 28.4 Å². The Morgan fingerprint density at radius 2 is 1.59 bits per heavy atom. The van der Waals surface area contributed by atoms with Gasteiger partial charge in [0.1, 0.15) is 28.7 Å². The van der Waals surface area contributed by atoms with Gasteiger partial charge in [0.25, 0.3) is 0 Å². The Hall–Kier alpha value is -3.33. The van der Waals surface area contributed by atoms with Crippen molar-refractivity contribution in [3.05, 3.63) is 60.0 Å². The van der Waals surface area contributed by atoms with Gasteiger partial charge in [-0.2, -0.15) is 0 Å². The summed E-state index contributed by atoms with van der Waals surface area (Å²) in [6.07, 6.45) is -4.71. The first-order valence-electron chi connectivity index (χ1n) is 8.47. The standard InChI is InChI=1S/C20H16F3NO5/c1-12(26)10-18-19(17(11-25)24-29-18)13-2-4-14(5-3-13)27-15-6-8-16(9-7-15)28-20(21,22)23/h2-9,25H,10-11H2,1H3. The Morgan fingerprint density at radius 1 is 1.03 bits per heavy atom. The lowest BCUT2D eigenvalue weighted by molar-refractivity contribution is -0.274. The van der Waals surface area contributed by atoms with Gasteiger partial charge in [0.05, 0.1) is 18.6 Å². The second kappa shape index (κ2) is 8.36. The Kier molecular flexibility index (Phi) is 5.88. The van der Waals surface area contributed by atoms with Crippen LogP contribution in [0.5, 0.6) is 17.2 Å². The van der Waals surface area contributed by atoms with Gasteiger partial charge < -0.3 is 19.1 Å². The fourth-order valence-corrected chi connectivity index (χ4v) is 2.68. The minimum Gasteiger partial charge on any atom is -0.457 e. The van der Waals surface area contributed by atoms with Crippen LogP contribution >= 0.6 is 0 Å². The van der Waals surface area contributed by atoms with Gasteiger partial charge in [0.2, 0.25) is 0 Å². The lowest BCUT2D eigenvalue weighted by Gasteiger charge is -2.10. The molecule has 6 nitrogen and oxygen atoms in total. The van der Waals surface area contributed by atoms with E-state index in [2.05, 4.69) is 9.89 Å². The second-order valence-corrected chi connectivity index (χ2v) is 6.11. The van der Waals surface area contributed by atoms with Crippen LogP contribution in [0.25, 0.3) is 11.1 Å². The zero-order valence-corrected chi connectivity index (χ0v) is 15.2. The molecule has 0 aliphatic heterocycles. The van der Waals surface area contributed by atoms with E-state index in [9.17, 15) is 23.1 Å². The molecular weight excluding hydrogens is 391 g/mol. The first-order valence-corrected chi connectivity index (χ1v) is 8.47. The zero-order chi connectivity index (χ0) is 21.0. The predicted octanol–water partition coefficient (Wildman–Crippen LogP) is 4.66. The number of alkyl halides is 3. The highest BCUT2D eigenvalue weighted by Gasteiger charge is 2.31. The van der Waals surface area contributed by atoms with E-state index in [0.717, 1.165) is 12.1 Å². The molecule has 1 aromatic heterocycles. The van der Waals surface area contributed by atoms with Crippen LogP contribution in [0.15, 0.2) is 53.1 Å². The van der Waals surface area contributed by atoms with Crippen LogP contribution in [-0.4, -0.2) is 22.4 Å². The molecule has 0 spiro atoms. The van der Waals surface area contributed by atoms with Gasteiger partial charge in [-0.15, -0.1) is 13.2 Å². The topological polar surface area (TPSA) is 81.8 Å². The average molecular weight is 407 g/mol. The van der Waals surface area contributed by atoms with E-state index in [0.29, 0.717) is 34.1 Å². The molecule has 3 rings (SSSR count). The molecule has 0 atom stereocenters. The molecular formula is C20H16F3NO5. The van der Waals surface area contributed by atoms with E-state index in [-0.39, 0.29) is 24.6 Å². The molecule has 0 saturated carbocycles. The number of nitrogens with zero attached hydrogens (tertiary/aromatic N) is 1. The summed E-state index contributed by atoms with van der Waals surface area (Å²) in [5.41, 5.74) is 1.53. The number of ether oxygens (including phenoxy) is 2. The molecule has 0 amide bonds. The lowest BCUT2D eigenvalue weighted by Crippen LogP contribution is -2.16. The summed E-state index contributed by atoms with van der Waals surface area (Å²) in [7, 11) is 0. The monoisotopic (exact) mass is 407 g/mol. The van der Waals surface area contributed by atoms with E-state index in [4.69, 9.17) is 9.26 Å². The summed E-state index contributed by atoms with van der Waals surface area (Å²) in [4.78, 5) is 11.4. The lowest BCUT2D eigenvalue weighted by atomic mass is 10.0. The van der Waals surface area contributed by atoms with E-state index in [1.807, 2.05) is 0 Å². The Bertz CT molecular complexity index is 979. The predicted molar refractivity (Wildman–Crippen MR) is 95.4 cm³/mol. The number of halogens is 3. The minimum atomic E-state index is -4.76. The number of hydrogen-bond acceptors (Lipinski definition) is 6. The van der Waals surface area contributed by atoms with E-state index < -0.39 is 6.36 Å². The minimum absolute atomic E-state index is 0.0485. The molecule has 0 saturated heterocycles. The Morgan fingerprint density at radius 3 is 2.10 bits per heavy atom. The van der Waals surface area contributed by atoms with Gasteiger partial charge >= 0.3 is 6.36 Å². The van der Waals surface area contributed by atoms with Gasteiger partial charge in [-0.3, -0.25) is 4.79 Å². The quantitative estimate of drug-likeness (QED) is 0.614. The number of aliphatic hydroxyl groups is 1. The van der Waals surface area contributed by atoms with Crippen molar-refractivity contribution < 1.29 is 37.1 Å². The fraction of sp³-hybridized carbons (Fsp3) is 0.200. The summed E-state index contributed by atoms with van der Waals surface area (Å²) >= 11 is 0. The number of ketones is 1. The molecule has 1 heterocycles. The number of rotatable bonds is 7. The van der Waals surface area contributed by atoms with Crippen LogP contribution < -0.4 is 9.47 Å². The number of carbonyl (C=O) groups is 1. The van der Waals surface area contributed by atoms with Crippen molar-refractivity contribution in [3.63, 3.8) is 0 Å². The third-order valence-corrected chi connectivity index (χ3v) is 3.83. The Balaban J connectivity index is 1.76. The third kappa shape index (κ3) is 5.35. The number of hydrogen-bond donors (Lipinski definition) is 1. The maximum atomic E-state index is 12.2. The van der Waals surface area contributed by atoms with Crippen molar-refractivity contribution >= 4 is 5.78 Å². The van der Waals surface area contributed by atoms with Crippen LogP contribution in [0, 0.1) is 0 Å². The molecule has 3 aromatic rings. The van der Waals surface area contributed by atoms with Gasteiger partial charge in [-0.25, -0.2) is 0 Å². The van der Waals surface area contributed by atoms with Crippen molar-refractivity contribution in [1.82, 2.24) is 5.16 Å². The van der Waals surface area contributed by atoms with Crippen molar-refractivity contribution in [1.29, 1.82) is 0 Å². The smallest absolute Gasteiger partial charge is 0.457 e. The first-order chi connectivity index (χ1) is 13.7. The third-order valence-electron chi connectivity index (χ3n) is 3.83. The van der Waals surface area contributed by atoms with Gasteiger partial charge in [0.15, 0.2) is 5.76 Å². The molecule has 0 bridgehead atoms. The molecule has 0 fully saturated rings. The van der Waals surface area contributed by atoms with Crippen LogP contribution in [0.3, 0.4) is 0 Å². The number of carbonyl (C=O) groups excluding carboxylic acids is 1. The van der Waals surface area contributed by atoms with E-state index in [1.165, 1.54) is 19.1 Å². The van der Waals surface area contributed by atoms with Crippen LogP contribution in [0.1, 0.15) is 18.4 Å². The average Bonchev–Trinajstić information content (AvgIpc) is 3.05. The van der Waals surface area contributed by atoms with Gasteiger partial charge in [-0.05, 0) is 48.9 Å². The largest absolute Gasteiger partial charge is 0.573 e. The summed E-state index contributed by atoms with van der Waals surface area (Å²) < 4.78 is 51.2. The molecule has 0 unspecified atom stereocenters. The highest BCUT2D eigenvalue weighted by Crippen LogP contribution is 2.32. The second-order valence-electron chi connectivity index (χ2n) is 6.11.